The van der Waals surface area contributed by atoms with Crippen LogP contribution in [0.25, 0.3) is 10.8 Å². The second-order valence-corrected chi connectivity index (χ2v) is 16.5. The Morgan fingerprint density at radius 3 is 2.40 bits per heavy atom. The summed E-state index contributed by atoms with van der Waals surface area (Å²) in [6.45, 7) is 9.05. The third-order valence-corrected chi connectivity index (χ3v) is 11.1. The minimum absolute atomic E-state index is 0.0128. The number of hydrogen-bond acceptors (Lipinski definition) is 11. The third kappa shape index (κ3) is 8.96. The lowest BCUT2D eigenvalue weighted by Crippen LogP contribution is -2.60. The maximum atomic E-state index is 14.6. The van der Waals surface area contributed by atoms with Crippen LogP contribution in [0.4, 0.5) is 4.79 Å². The van der Waals surface area contributed by atoms with Gasteiger partial charge in [-0.05, 0) is 79.3 Å². The number of amides is 4. The maximum Gasteiger partial charge on any atom is 0.409 e. The molecule has 15 nitrogen and oxygen atoms in total. The Bertz CT molecular complexity index is 2050. The van der Waals surface area contributed by atoms with Crippen molar-refractivity contribution in [2.75, 3.05) is 13.7 Å². The third-order valence-electron chi connectivity index (χ3n) is 10.2. The number of pyridine rings is 1. The van der Waals surface area contributed by atoms with Gasteiger partial charge in [-0.25, -0.2) is 14.5 Å². The minimum atomic E-state index is -4.64. The number of fused-ring (bicyclic) bond motifs is 1. The Hall–Kier alpha value is -5.38. The standard InChI is InChI=1S/C39H47N5O10S/c1-6-25-22-39(25,36(47)43-55(49,50)54-27-14-8-7-9-15-27)42-33(45)31-21-29(52-34-30-17-16-28(51-5)20-24(30)18-19-40-34)23-44(31)35(46)32(38(2,3)4)41-37(48)53-26-12-10-11-13-26/h6-9,14-20,25-26,29,31-32H,1,10-13,21-23H2,2-5H3,(H,41,48)(H,42,45)(H,43,47)/t25?,29-,31+,32-,39-/m1/s1. The SMILES string of the molecule is C=CC1C[C@]1(NC(=O)[C@@H]1C[C@@H](Oc2nccc3cc(OC)ccc23)CN1C(=O)[C@@H](NC(=O)OC1CCCC1)C(C)(C)C)C(=O)NS(=O)(=O)Oc1ccccc1. The number of benzene rings is 2. The van der Waals surface area contributed by atoms with Gasteiger partial charge in [0.05, 0.1) is 13.7 Å². The van der Waals surface area contributed by atoms with Crippen LogP contribution in [0, 0.1) is 11.3 Å². The number of rotatable bonds is 13. The highest BCUT2D eigenvalue weighted by atomic mass is 32.2. The average Bonchev–Trinajstić information content (AvgIpc) is 3.40. The topological polar surface area (TPSA) is 192 Å². The molecular weight excluding hydrogens is 731 g/mol. The summed E-state index contributed by atoms with van der Waals surface area (Å²) in [6.07, 6.45) is 4.72. The zero-order valence-corrected chi connectivity index (χ0v) is 32.1. The number of alkyl carbamates (subject to hydrolysis) is 1. The van der Waals surface area contributed by atoms with Gasteiger partial charge < -0.3 is 33.9 Å². The van der Waals surface area contributed by atoms with Crippen LogP contribution in [0.2, 0.25) is 0 Å². The number of likely N-dealkylation sites (tertiary alicyclic amines) is 1. The van der Waals surface area contributed by atoms with E-state index in [1.807, 2.05) is 10.8 Å². The molecule has 55 heavy (non-hydrogen) atoms. The fraction of sp³-hybridized carbons (Fsp3) is 0.462. The number of hydrogen-bond donors (Lipinski definition) is 3. The Morgan fingerprint density at radius 1 is 1.02 bits per heavy atom. The van der Waals surface area contributed by atoms with Gasteiger partial charge in [0.1, 0.15) is 41.3 Å². The zero-order valence-electron chi connectivity index (χ0n) is 31.3. The normalized spacial score (nSPS) is 23.0. The Balaban J connectivity index is 1.26. The summed E-state index contributed by atoms with van der Waals surface area (Å²) >= 11 is 0. The molecule has 3 N–H and O–H groups in total. The molecule has 2 saturated carbocycles. The van der Waals surface area contributed by atoms with Crippen LogP contribution in [0.1, 0.15) is 59.3 Å². The van der Waals surface area contributed by atoms with Gasteiger partial charge in [-0.15, -0.1) is 6.58 Å². The molecular formula is C39H47N5O10S. The summed E-state index contributed by atoms with van der Waals surface area (Å²) in [6, 6.07) is 12.5. The number of aromatic nitrogens is 1. The quantitative estimate of drug-likeness (QED) is 0.211. The van der Waals surface area contributed by atoms with Crippen molar-refractivity contribution in [2.45, 2.75) is 89.1 Å². The fourth-order valence-electron chi connectivity index (χ4n) is 7.17. The molecule has 1 aromatic heterocycles. The number of ether oxygens (including phenoxy) is 3. The van der Waals surface area contributed by atoms with Crippen molar-refractivity contribution in [3.8, 4) is 17.4 Å². The van der Waals surface area contributed by atoms with E-state index in [4.69, 9.17) is 18.4 Å². The molecule has 3 aliphatic rings. The Morgan fingerprint density at radius 2 is 1.75 bits per heavy atom. The fourth-order valence-corrected chi connectivity index (χ4v) is 7.99. The molecule has 1 aliphatic heterocycles. The number of nitrogens with one attached hydrogen (secondary N) is 3. The van der Waals surface area contributed by atoms with Gasteiger partial charge in [0.15, 0.2) is 0 Å². The lowest BCUT2D eigenvalue weighted by molar-refractivity contribution is -0.143. The monoisotopic (exact) mass is 777 g/mol. The summed E-state index contributed by atoms with van der Waals surface area (Å²) in [7, 11) is -3.08. The Labute approximate surface area is 320 Å². The van der Waals surface area contributed by atoms with Crippen LogP contribution in [0.5, 0.6) is 17.4 Å². The number of carbonyl (C=O) groups excluding carboxylic acids is 4. The molecule has 3 fully saturated rings. The van der Waals surface area contributed by atoms with E-state index in [1.54, 1.807) is 70.5 Å². The van der Waals surface area contributed by atoms with Gasteiger partial charge in [-0.1, -0.05) is 45.0 Å². The number of carbonyl (C=O) groups is 4. The average molecular weight is 778 g/mol. The van der Waals surface area contributed by atoms with Gasteiger partial charge in [-0.3, -0.25) is 14.4 Å². The summed E-state index contributed by atoms with van der Waals surface area (Å²) in [5.74, 6) is -2.03. The van der Waals surface area contributed by atoms with Gasteiger partial charge in [-0.2, -0.15) is 8.42 Å². The van der Waals surface area contributed by atoms with Crippen molar-refractivity contribution in [2.24, 2.45) is 11.3 Å². The van der Waals surface area contributed by atoms with Gasteiger partial charge in [0.25, 0.3) is 5.91 Å². The predicted molar refractivity (Wildman–Crippen MR) is 201 cm³/mol. The molecule has 6 rings (SSSR count). The highest BCUT2D eigenvalue weighted by Crippen LogP contribution is 2.45. The van der Waals surface area contributed by atoms with Crippen molar-refractivity contribution in [1.82, 2.24) is 25.2 Å². The van der Waals surface area contributed by atoms with Gasteiger partial charge >= 0.3 is 16.4 Å². The van der Waals surface area contributed by atoms with E-state index in [9.17, 15) is 27.6 Å². The number of para-hydroxylation sites is 1. The molecule has 2 aliphatic carbocycles. The van der Waals surface area contributed by atoms with E-state index in [0.717, 1.165) is 31.1 Å². The van der Waals surface area contributed by atoms with Crippen molar-refractivity contribution < 1.29 is 46.0 Å². The van der Waals surface area contributed by atoms with E-state index in [-0.39, 0.29) is 37.1 Å². The highest BCUT2D eigenvalue weighted by molar-refractivity contribution is 7.85. The smallest absolute Gasteiger partial charge is 0.409 e. The number of methoxy groups -OCH3 is 1. The van der Waals surface area contributed by atoms with Crippen LogP contribution >= 0.6 is 0 Å². The molecule has 1 unspecified atom stereocenters. The first-order valence-electron chi connectivity index (χ1n) is 18.3. The highest BCUT2D eigenvalue weighted by Gasteiger charge is 2.62. The molecule has 2 heterocycles. The summed E-state index contributed by atoms with van der Waals surface area (Å²) in [5, 5.41) is 6.97. The molecule has 294 valence electrons. The van der Waals surface area contributed by atoms with Crippen molar-refractivity contribution >= 4 is 44.9 Å². The van der Waals surface area contributed by atoms with Crippen LogP contribution in [-0.4, -0.2) is 85.6 Å². The van der Waals surface area contributed by atoms with Crippen LogP contribution in [0.3, 0.4) is 0 Å². The molecule has 3 aromatic rings. The minimum Gasteiger partial charge on any atom is -0.497 e. The Kier molecular flexibility index (Phi) is 11.3. The van der Waals surface area contributed by atoms with E-state index in [0.29, 0.717) is 11.1 Å². The van der Waals surface area contributed by atoms with E-state index in [1.165, 1.54) is 23.1 Å². The van der Waals surface area contributed by atoms with Crippen molar-refractivity contribution in [1.29, 1.82) is 0 Å². The van der Waals surface area contributed by atoms with Crippen LogP contribution < -0.4 is 29.0 Å². The largest absolute Gasteiger partial charge is 0.497 e. The zero-order chi connectivity index (χ0) is 39.5. The molecule has 0 spiro atoms. The summed E-state index contributed by atoms with van der Waals surface area (Å²) < 4.78 is 50.0. The maximum absolute atomic E-state index is 14.6. The van der Waals surface area contributed by atoms with Crippen molar-refractivity contribution in [3.05, 3.63) is 73.4 Å². The van der Waals surface area contributed by atoms with E-state index in [2.05, 4.69) is 22.2 Å². The van der Waals surface area contributed by atoms with E-state index >= 15 is 0 Å². The second-order valence-electron chi connectivity index (χ2n) is 15.2. The lowest BCUT2D eigenvalue weighted by atomic mass is 9.85. The first-order chi connectivity index (χ1) is 26.1. The molecule has 2 aromatic carbocycles. The molecule has 4 amide bonds. The van der Waals surface area contributed by atoms with Crippen LogP contribution in [-0.2, 0) is 29.4 Å². The second kappa shape index (κ2) is 15.8. The molecule has 16 heteroatoms. The van der Waals surface area contributed by atoms with Crippen molar-refractivity contribution in [3.63, 3.8) is 0 Å². The van der Waals surface area contributed by atoms with Crippen LogP contribution in [0.15, 0.2) is 73.4 Å². The summed E-state index contributed by atoms with van der Waals surface area (Å²) in [5.41, 5.74) is -2.51. The lowest BCUT2D eigenvalue weighted by Gasteiger charge is -2.35. The molecule has 5 atom stereocenters. The van der Waals surface area contributed by atoms with Gasteiger partial charge in [0.2, 0.25) is 17.7 Å². The first-order valence-corrected chi connectivity index (χ1v) is 19.7. The molecule has 0 bridgehead atoms. The predicted octanol–water partition coefficient (Wildman–Crippen LogP) is 4.18. The molecule has 1 saturated heterocycles. The van der Waals surface area contributed by atoms with E-state index < -0.39 is 69.2 Å². The summed E-state index contributed by atoms with van der Waals surface area (Å²) in [4.78, 5) is 61.4. The molecule has 0 radical (unpaired) electrons. The van der Waals surface area contributed by atoms with Gasteiger partial charge in [0, 0.05) is 23.9 Å². The number of nitrogens with zero attached hydrogens (tertiary/aromatic N) is 2. The first kappa shape index (κ1) is 39.3.